The second-order valence-corrected chi connectivity index (χ2v) is 7.75. The van der Waals surface area contributed by atoms with Gasteiger partial charge < -0.3 is 10.6 Å². The molecule has 8 heteroatoms. The number of nitrogens with one attached hydrogen (secondary N) is 2. The summed E-state index contributed by atoms with van der Waals surface area (Å²) in [5, 5.41) is 17.9. The Balaban J connectivity index is 1.82. The maximum atomic E-state index is 12.7. The molecule has 1 fully saturated rings. The molecule has 0 bridgehead atoms. The number of halogens is 1. The van der Waals surface area contributed by atoms with E-state index < -0.39 is 0 Å². The van der Waals surface area contributed by atoms with Crippen molar-refractivity contribution in [3.05, 3.63) is 51.4 Å². The highest BCUT2D eigenvalue weighted by molar-refractivity contribution is 7.11. The lowest BCUT2D eigenvalue weighted by Gasteiger charge is -2.14. The normalized spacial score (nSPS) is 19.6. The monoisotopic (exact) mass is 385 g/mol. The molecule has 0 spiro atoms. The summed E-state index contributed by atoms with van der Waals surface area (Å²) < 4.78 is 1.70. The van der Waals surface area contributed by atoms with Crippen molar-refractivity contribution in [1.82, 2.24) is 14.3 Å². The molecule has 1 saturated heterocycles. The van der Waals surface area contributed by atoms with Crippen LogP contribution in [0.4, 0.5) is 10.7 Å². The molecule has 132 valence electrons. The molecule has 0 unspecified atom stereocenters. The number of anilines is 2. The van der Waals surface area contributed by atoms with Gasteiger partial charge in [0.15, 0.2) is 5.56 Å². The largest absolute Gasteiger partial charge is 0.343 e. The average molecular weight is 386 g/mol. The van der Waals surface area contributed by atoms with Crippen LogP contribution >= 0.6 is 23.1 Å². The first kappa shape index (κ1) is 17.0. The van der Waals surface area contributed by atoms with E-state index in [1.54, 1.807) is 16.2 Å². The van der Waals surface area contributed by atoms with E-state index in [1.807, 2.05) is 24.3 Å². The van der Waals surface area contributed by atoms with Gasteiger partial charge >= 0.3 is 0 Å². The SMILES string of the molecule is C[C@@H]1CNC[C@H]1n1sc(Nc2c(Cl)ccc3ncccc23)c(C#N)c1=O. The van der Waals surface area contributed by atoms with E-state index in [4.69, 9.17) is 11.6 Å². The van der Waals surface area contributed by atoms with Crippen molar-refractivity contribution in [2.24, 2.45) is 5.92 Å². The van der Waals surface area contributed by atoms with E-state index in [9.17, 15) is 10.1 Å². The summed E-state index contributed by atoms with van der Waals surface area (Å²) >= 11 is 7.66. The molecule has 3 heterocycles. The first-order valence-corrected chi connectivity index (χ1v) is 9.42. The number of benzene rings is 1. The van der Waals surface area contributed by atoms with Crippen LogP contribution in [0.3, 0.4) is 0 Å². The summed E-state index contributed by atoms with van der Waals surface area (Å²) in [6.07, 6.45) is 1.71. The second-order valence-electron chi connectivity index (χ2n) is 6.36. The highest BCUT2D eigenvalue weighted by Gasteiger charge is 2.29. The highest BCUT2D eigenvalue weighted by Crippen LogP contribution is 2.36. The fourth-order valence-corrected chi connectivity index (χ4v) is 4.64. The zero-order valence-electron chi connectivity index (χ0n) is 14.0. The number of aromatic nitrogens is 2. The standard InChI is InChI=1S/C18H16ClN5OS/c1-10-8-21-9-15(10)24-18(25)12(7-20)17(26-24)23-16-11-3-2-6-22-14(11)5-4-13(16)19/h2-6,10,15,21,23H,8-9H2,1H3/t10-,15-/m1/s1. The van der Waals surface area contributed by atoms with Crippen molar-refractivity contribution in [1.29, 1.82) is 5.26 Å². The number of rotatable bonds is 3. The highest BCUT2D eigenvalue weighted by atomic mass is 35.5. The Hall–Kier alpha value is -2.40. The molecule has 2 aromatic heterocycles. The summed E-state index contributed by atoms with van der Waals surface area (Å²) in [6, 6.07) is 9.44. The molecule has 2 N–H and O–H groups in total. The Morgan fingerprint density at radius 2 is 2.27 bits per heavy atom. The third-order valence-corrected chi connectivity index (χ3v) is 6.13. The van der Waals surface area contributed by atoms with Crippen LogP contribution in [0.5, 0.6) is 0 Å². The van der Waals surface area contributed by atoms with E-state index in [2.05, 4.69) is 22.5 Å². The van der Waals surface area contributed by atoms with Gasteiger partial charge in [-0.2, -0.15) is 5.26 Å². The van der Waals surface area contributed by atoms with Crippen molar-refractivity contribution < 1.29 is 0 Å². The van der Waals surface area contributed by atoms with Gasteiger partial charge in [-0.25, -0.2) is 0 Å². The number of pyridine rings is 1. The van der Waals surface area contributed by atoms with Crippen LogP contribution in [-0.4, -0.2) is 22.0 Å². The Morgan fingerprint density at radius 1 is 1.42 bits per heavy atom. The minimum atomic E-state index is -0.255. The van der Waals surface area contributed by atoms with Crippen molar-refractivity contribution in [3.8, 4) is 6.07 Å². The molecule has 26 heavy (non-hydrogen) atoms. The third-order valence-electron chi connectivity index (χ3n) is 4.69. The molecule has 2 atom stereocenters. The topological polar surface area (TPSA) is 82.7 Å². The van der Waals surface area contributed by atoms with Gasteiger partial charge in [-0.3, -0.25) is 13.7 Å². The quantitative estimate of drug-likeness (QED) is 0.720. The summed E-state index contributed by atoms with van der Waals surface area (Å²) in [7, 11) is 0. The van der Waals surface area contributed by atoms with Gasteiger partial charge in [0.2, 0.25) is 0 Å². The first-order chi connectivity index (χ1) is 12.6. The van der Waals surface area contributed by atoms with Crippen LogP contribution in [0.1, 0.15) is 18.5 Å². The zero-order chi connectivity index (χ0) is 18.3. The lowest BCUT2D eigenvalue weighted by atomic mass is 10.1. The molecule has 1 aromatic carbocycles. The lowest BCUT2D eigenvalue weighted by molar-refractivity contribution is 0.456. The predicted octanol–water partition coefficient (Wildman–Crippen LogP) is 3.51. The molecule has 0 aliphatic carbocycles. The van der Waals surface area contributed by atoms with Crippen LogP contribution in [0.25, 0.3) is 10.9 Å². The van der Waals surface area contributed by atoms with Gasteiger partial charge in [-0.15, -0.1) is 0 Å². The Kier molecular flexibility index (Phi) is 4.41. The number of hydrogen-bond donors (Lipinski definition) is 2. The van der Waals surface area contributed by atoms with Gasteiger partial charge in [0.25, 0.3) is 5.56 Å². The van der Waals surface area contributed by atoms with E-state index >= 15 is 0 Å². The van der Waals surface area contributed by atoms with Crippen molar-refractivity contribution >= 4 is 44.7 Å². The summed E-state index contributed by atoms with van der Waals surface area (Å²) in [4.78, 5) is 17.1. The van der Waals surface area contributed by atoms with E-state index in [0.717, 1.165) is 24.0 Å². The van der Waals surface area contributed by atoms with E-state index in [-0.39, 0.29) is 17.2 Å². The van der Waals surface area contributed by atoms with Crippen molar-refractivity contribution in [3.63, 3.8) is 0 Å². The number of hydrogen-bond acceptors (Lipinski definition) is 6. The smallest absolute Gasteiger partial charge is 0.281 e. The molecular weight excluding hydrogens is 370 g/mol. The minimum Gasteiger partial charge on any atom is -0.343 e. The fraction of sp³-hybridized carbons (Fsp3) is 0.278. The maximum absolute atomic E-state index is 12.7. The molecule has 0 radical (unpaired) electrons. The Labute approximate surface area is 159 Å². The lowest BCUT2D eigenvalue weighted by Crippen LogP contribution is -2.25. The third kappa shape index (κ3) is 2.76. The van der Waals surface area contributed by atoms with Gasteiger partial charge in [0, 0.05) is 18.1 Å². The fourth-order valence-electron chi connectivity index (χ4n) is 3.27. The summed E-state index contributed by atoms with van der Waals surface area (Å²) in [6.45, 7) is 3.69. The molecule has 3 aromatic rings. The van der Waals surface area contributed by atoms with Gasteiger partial charge in [0.05, 0.1) is 22.3 Å². The molecular formula is C18H16ClN5OS. The molecule has 4 rings (SSSR count). The van der Waals surface area contributed by atoms with Crippen molar-refractivity contribution in [2.75, 3.05) is 18.4 Å². The van der Waals surface area contributed by atoms with Crippen molar-refractivity contribution in [2.45, 2.75) is 13.0 Å². The minimum absolute atomic E-state index is 0.0554. The molecule has 0 amide bonds. The molecule has 6 nitrogen and oxygen atoms in total. The van der Waals surface area contributed by atoms with E-state index in [1.165, 1.54) is 11.5 Å². The number of nitrogens with zero attached hydrogens (tertiary/aromatic N) is 3. The average Bonchev–Trinajstić information content (AvgIpc) is 3.20. The number of nitriles is 1. The van der Waals surface area contributed by atoms with Crippen LogP contribution in [-0.2, 0) is 0 Å². The summed E-state index contributed by atoms with van der Waals surface area (Å²) in [5.74, 6) is 0.330. The van der Waals surface area contributed by atoms with E-state index in [0.29, 0.717) is 21.6 Å². The summed E-state index contributed by atoms with van der Waals surface area (Å²) in [5.41, 5.74) is 1.30. The van der Waals surface area contributed by atoms with Crippen LogP contribution in [0.2, 0.25) is 5.02 Å². The molecule has 0 saturated carbocycles. The molecule has 1 aliphatic heterocycles. The Morgan fingerprint density at radius 3 is 3.00 bits per heavy atom. The van der Waals surface area contributed by atoms with Gasteiger partial charge in [-0.1, -0.05) is 18.5 Å². The molecule has 1 aliphatic rings. The van der Waals surface area contributed by atoms with Crippen LogP contribution in [0, 0.1) is 17.2 Å². The van der Waals surface area contributed by atoms with Gasteiger partial charge in [-0.05, 0) is 48.3 Å². The Bertz CT molecular complexity index is 1080. The second kappa shape index (κ2) is 6.72. The maximum Gasteiger partial charge on any atom is 0.281 e. The van der Waals surface area contributed by atoms with Crippen LogP contribution in [0.15, 0.2) is 35.3 Å². The van der Waals surface area contributed by atoms with Gasteiger partial charge in [0.1, 0.15) is 11.1 Å². The predicted molar refractivity (Wildman–Crippen MR) is 104 cm³/mol. The zero-order valence-corrected chi connectivity index (χ0v) is 15.6. The first-order valence-electron chi connectivity index (χ1n) is 8.27. The van der Waals surface area contributed by atoms with Crippen LogP contribution < -0.4 is 16.2 Å². The number of fused-ring (bicyclic) bond motifs is 1.